The summed E-state index contributed by atoms with van der Waals surface area (Å²) in [6.07, 6.45) is -1.59. The maximum Gasteiger partial charge on any atom is 0.573 e. The fraction of sp³-hybridized carbons (Fsp3) is 0.333. The molecule has 1 aromatic heterocycles. The maximum absolute atomic E-state index is 14.9. The molecule has 3 heterocycles. The van der Waals surface area contributed by atoms with E-state index >= 15 is 0 Å². The highest BCUT2D eigenvalue weighted by molar-refractivity contribution is 5.96. The number of nitrogens with zero attached hydrogens (tertiary/aromatic N) is 3. The Morgan fingerprint density at radius 2 is 1.94 bits per heavy atom. The molecule has 1 saturated heterocycles. The lowest BCUT2D eigenvalue weighted by Crippen LogP contribution is -2.49. The first kappa shape index (κ1) is 25.1. The summed E-state index contributed by atoms with van der Waals surface area (Å²) >= 11 is 0. The number of piperidine rings is 1. The van der Waals surface area contributed by atoms with E-state index in [4.69, 9.17) is 10.5 Å². The highest BCUT2D eigenvalue weighted by atomic mass is 19.4. The van der Waals surface area contributed by atoms with E-state index < -0.39 is 30.3 Å². The SMILES string of the molecule is NC(=O)c1cc(C2=CCC=N2)cnc1O[C@H]1CCN(C(=O)Cc2ccc(OC(F)(F)F)cc2)C[C@@H]1F. The fourth-order valence-electron chi connectivity index (χ4n) is 3.90. The van der Waals surface area contributed by atoms with Crippen molar-refractivity contribution in [1.29, 1.82) is 0 Å². The number of aromatic nitrogens is 1. The first-order valence-electron chi connectivity index (χ1n) is 11.0. The van der Waals surface area contributed by atoms with Gasteiger partial charge >= 0.3 is 6.36 Å². The summed E-state index contributed by atoms with van der Waals surface area (Å²) in [5, 5.41) is 0. The zero-order chi connectivity index (χ0) is 25.9. The van der Waals surface area contributed by atoms with Gasteiger partial charge in [0.15, 0.2) is 6.17 Å². The Kier molecular flexibility index (Phi) is 7.22. The van der Waals surface area contributed by atoms with Crippen LogP contribution in [-0.2, 0) is 11.2 Å². The second-order valence-corrected chi connectivity index (χ2v) is 8.25. The normalized spacial score (nSPS) is 19.7. The van der Waals surface area contributed by atoms with E-state index in [1.54, 1.807) is 6.21 Å². The molecule has 2 N–H and O–H groups in total. The molecule has 2 atom stereocenters. The number of hydrogen-bond donors (Lipinski definition) is 1. The van der Waals surface area contributed by atoms with E-state index in [1.165, 1.54) is 29.3 Å². The number of nitrogens with two attached hydrogens (primary N) is 1. The van der Waals surface area contributed by atoms with Gasteiger partial charge in [0.25, 0.3) is 5.91 Å². The zero-order valence-electron chi connectivity index (χ0n) is 18.9. The molecule has 0 saturated carbocycles. The second-order valence-electron chi connectivity index (χ2n) is 8.25. The maximum atomic E-state index is 14.9. The number of benzene rings is 1. The minimum atomic E-state index is -4.81. The monoisotopic (exact) mass is 506 g/mol. The van der Waals surface area contributed by atoms with Crippen molar-refractivity contribution in [1.82, 2.24) is 9.88 Å². The minimum absolute atomic E-state index is 0.000782. The number of primary amides is 1. The molecule has 2 amide bonds. The van der Waals surface area contributed by atoms with Gasteiger partial charge in [0.2, 0.25) is 11.8 Å². The first-order chi connectivity index (χ1) is 17.1. The lowest BCUT2D eigenvalue weighted by Gasteiger charge is -2.34. The van der Waals surface area contributed by atoms with Crippen LogP contribution in [0.25, 0.3) is 5.70 Å². The third kappa shape index (κ3) is 6.18. The average Bonchev–Trinajstić information content (AvgIpc) is 3.36. The molecule has 1 aromatic carbocycles. The summed E-state index contributed by atoms with van der Waals surface area (Å²) in [5.41, 5.74) is 7.16. The van der Waals surface area contributed by atoms with Crippen molar-refractivity contribution in [3.05, 3.63) is 59.3 Å². The number of rotatable bonds is 7. The Hall–Kier alpha value is -3.96. The summed E-state index contributed by atoms with van der Waals surface area (Å²) in [6.45, 7) is -0.0604. The fourth-order valence-corrected chi connectivity index (χ4v) is 3.90. The van der Waals surface area contributed by atoms with Crippen LogP contribution in [0.1, 0.15) is 34.3 Å². The second kappa shape index (κ2) is 10.3. The molecule has 0 bridgehead atoms. The number of pyridine rings is 1. The molecular weight excluding hydrogens is 484 g/mol. The Labute approximate surface area is 203 Å². The van der Waals surface area contributed by atoms with Gasteiger partial charge in [0.05, 0.1) is 18.7 Å². The lowest BCUT2D eigenvalue weighted by molar-refractivity contribution is -0.274. The van der Waals surface area contributed by atoms with Gasteiger partial charge in [0, 0.05) is 37.4 Å². The van der Waals surface area contributed by atoms with Gasteiger partial charge in [-0.25, -0.2) is 9.37 Å². The predicted molar refractivity (Wildman–Crippen MR) is 121 cm³/mol. The van der Waals surface area contributed by atoms with Gasteiger partial charge < -0.3 is 20.1 Å². The molecule has 0 aliphatic carbocycles. The quantitative estimate of drug-likeness (QED) is 0.579. The van der Waals surface area contributed by atoms with Crippen LogP contribution in [-0.4, -0.2) is 59.6 Å². The summed E-state index contributed by atoms with van der Waals surface area (Å²) in [7, 11) is 0. The molecule has 2 aliphatic rings. The standard InChI is InChI=1S/C24H22F4N4O4/c25-18-13-32(21(33)10-14-3-5-16(6-4-14)36-24(26,27)28)9-7-20(18)35-23-17(22(29)34)11-15(12-31-23)19-2-1-8-30-19/h2-6,8,11-12,18,20H,1,7,9-10,13H2,(H2,29,34)/t18-,20-/m0/s1. The summed E-state index contributed by atoms with van der Waals surface area (Å²) in [5.74, 6) is -1.66. The van der Waals surface area contributed by atoms with E-state index in [2.05, 4.69) is 14.7 Å². The van der Waals surface area contributed by atoms with E-state index in [1.807, 2.05) is 6.08 Å². The van der Waals surface area contributed by atoms with Gasteiger partial charge in [-0.05, 0) is 23.8 Å². The summed E-state index contributed by atoms with van der Waals surface area (Å²) < 4.78 is 61.3. The number of halogens is 4. The number of carbonyl (C=O) groups is 2. The highest BCUT2D eigenvalue weighted by Gasteiger charge is 2.34. The van der Waals surface area contributed by atoms with Gasteiger partial charge in [0.1, 0.15) is 17.4 Å². The van der Waals surface area contributed by atoms with E-state index in [-0.39, 0.29) is 43.3 Å². The van der Waals surface area contributed by atoms with Crippen molar-refractivity contribution in [2.75, 3.05) is 13.1 Å². The number of alkyl halides is 4. The molecule has 0 radical (unpaired) electrons. The number of ether oxygens (including phenoxy) is 2. The third-order valence-corrected chi connectivity index (χ3v) is 5.67. The Bertz CT molecular complexity index is 1200. The predicted octanol–water partition coefficient (Wildman–Crippen LogP) is 3.46. The highest BCUT2D eigenvalue weighted by Crippen LogP contribution is 2.28. The smallest absolute Gasteiger partial charge is 0.471 e. The molecule has 0 spiro atoms. The van der Waals surface area contributed by atoms with Gasteiger partial charge in [-0.1, -0.05) is 18.2 Å². The Morgan fingerprint density at radius 1 is 1.19 bits per heavy atom. The number of allylic oxidation sites excluding steroid dienone is 1. The molecule has 36 heavy (non-hydrogen) atoms. The topological polar surface area (TPSA) is 107 Å². The van der Waals surface area contributed by atoms with E-state index in [0.717, 1.165) is 12.1 Å². The van der Waals surface area contributed by atoms with Crippen LogP contribution in [0.2, 0.25) is 0 Å². The number of amides is 2. The van der Waals surface area contributed by atoms with Crippen molar-refractivity contribution in [3.8, 4) is 11.6 Å². The lowest BCUT2D eigenvalue weighted by atomic mass is 10.0. The molecule has 2 aliphatic heterocycles. The number of likely N-dealkylation sites (tertiary alicyclic amines) is 1. The van der Waals surface area contributed by atoms with Gasteiger partial charge in [-0.15, -0.1) is 13.2 Å². The van der Waals surface area contributed by atoms with Crippen molar-refractivity contribution in [2.45, 2.75) is 37.9 Å². The van der Waals surface area contributed by atoms with Crippen LogP contribution in [0.3, 0.4) is 0 Å². The van der Waals surface area contributed by atoms with Crippen LogP contribution >= 0.6 is 0 Å². The van der Waals surface area contributed by atoms with Crippen LogP contribution in [0.4, 0.5) is 17.6 Å². The molecule has 190 valence electrons. The molecule has 12 heteroatoms. The van der Waals surface area contributed by atoms with Crippen molar-refractivity contribution >= 4 is 23.7 Å². The van der Waals surface area contributed by atoms with Crippen LogP contribution in [0.15, 0.2) is 47.6 Å². The van der Waals surface area contributed by atoms with Crippen LogP contribution < -0.4 is 15.2 Å². The summed E-state index contributed by atoms with van der Waals surface area (Å²) in [4.78, 5) is 34.2. The largest absolute Gasteiger partial charge is 0.573 e. The van der Waals surface area contributed by atoms with E-state index in [0.29, 0.717) is 23.2 Å². The third-order valence-electron chi connectivity index (χ3n) is 5.67. The van der Waals surface area contributed by atoms with Crippen molar-refractivity contribution < 1.29 is 36.6 Å². The number of aliphatic imine (C=N–C) groups is 1. The Morgan fingerprint density at radius 3 is 2.56 bits per heavy atom. The number of carbonyl (C=O) groups excluding carboxylic acids is 2. The van der Waals surface area contributed by atoms with Crippen molar-refractivity contribution in [3.63, 3.8) is 0 Å². The molecule has 0 unspecified atom stereocenters. The van der Waals surface area contributed by atoms with Crippen LogP contribution in [0, 0.1) is 0 Å². The molecule has 2 aromatic rings. The van der Waals surface area contributed by atoms with Gasteiger partial charge in [-0.3, -0.25) is 14.6 Å². The summed E-state index contributed by atoms with van der Waals surface area (Å²) in [6, 6.07) is 6.40. The molecular formula is C24H22F4N4O4. The first-order valence-corrected chi connectivity index (χ1v) is 11.0. The Balaban J connectivity index is 1.35. The molecule has 4 rings (SSSR count). The minimum Gasteiger partial charge on any atom is -0.471 e. The molecule has 8 nitrogen and oxygen atoms in total. The van der Waals surface area contributed by atoms with Crippen LogP contribution in [0.5, 0.6) is 11.6 Å². The average molecular weight is 506 g/mol. The molecule has 1 fully saturated rings. The van der Waals surface area contributed by atoms with Crippen molar-refractivity contribution in [2.24, 2.45) is 10.7 Å². The number of hydrogen-bond acceptors (Lipinski definition) is 6. The van der Waals surface area contributed by atoms with Gasteiger partial charge in [-0.2, -0.15) is 0 Å². The zero-order valence-corrected chi connectivity index (χ0v) is 18.9. The van der Waals surface area contributed by atoms with E-state index in [9.17, 15) is 27.2 Å².